The molecule has 0 radical (unpaired) electrons. The Labute approximate surface area is 187 Å². The van der Waals surface area contributed by atoms with Crippen LogP contribution in [-0.2, 0) is 17.8 Å². The Morgan fingerprint density at radius 2 is 1.74 bits per heavy atom. The van der Waals surface area contributed by atoms with Crippen molar-refractivity contribution in [3.05, 3.63) is 94.8 Å². The van der Waals surface area contributed by atoms with Crippen molar-refractivity contribution in [3.8, 4) is 0 Å². The van der Waals surface area contributed by atoms with Crippen LogP contribution in [0.1, 0.15) is 36.2 Å². The summed E-state index contributed by atoms with van der Waals surface area (Å²) in [5.41, 5.74) is 5.44. The van der Waals surface area contributed by atoms with Gasteiger partial charge < -0.3 is 9.47 Å². The van der Waals surface area contributed by atoms with Gasteiger partial charge in [0, 0.05) is 36.1 Å². The van der Waals surface area contributed by atoms with Crippen molar-refractivity contribution in [1.82, 2.24) is 9.55 Å². The molecule has 5 heteroatoms. The Balaban J connectivity index is 1.53. The van der Waals surface area contributed by atoms with Crippen LogP contribution in [-0.4, -0.2) is 22.0 Å². The van der Waals surface area contributed by atoms with Crippen molar-refractivity contribution in [2.24, 2.45) is 0 Å². The number of fused-ring (bicyclic) bond motifs is 1. The number of rotatable bonds is 5. The molecule has 4 nitrogen and oxygen atoms in total. The molecular weight excluding hydrogens is 406 g/mol. The fourth-order valence-electron chi connectivity index (χ4n) is 4.53. The quantitative estimate of drug-likeness (QED) is 0.401. The zero-order chi connectivity index (χ0) is 21.4. The second kappa shape index (κ2) is 8.20. The zero-order valence-electron chi connectivity index (χ0n) is 17.5. The van der Waals surface area contributed by atoms with Gasteiger partial charge in [-0.3, -0.25) is 4.79 Å². The van der Waals surface area contributed by atoms with E-state index >= 15 is 0 Å². The third-order valence-electron chi connectivity index (χ3n) is 6.09. The van der Waals surface area contributed by atoms with Gasteiger partial charge in [0.25, 0.3) is 0 Å². The molecule has 31 heavy (non-hydrogen) atoms. The number of hydrogen-bond acceptors (Lipinski definition) is 2. The minimum Gasteiger partial charge on any atom is -0.323 e. The SMILES string of the molecule is CCc1ccccc1N1CC(c2nc3ccccc3n2Cc2ccc(Cl)cc2)CC1=O. The second-order valence-electron chi connectivity index (χ2n) is 8.06. The number of aryl methyl sites for hydroxylation is 1. The van der Waals surface area contributed by atoms with Crippen LogP contribution in [0.5, 0.6) is 0 Å². The maximum absolute atomic E-state index is 13.0. The number of carbonyl (C=O) groups is 1. The van der Waals surface area contributed by atoms with Crippen LogP contribution in [0.2, 0.25) is 5.02 Å². The Morgan fingerprint density at radius 1 is 1.00 bits per heavy atom. The summed E-state index contributed by atoms with van der Waals surface area (Å²) < 4.78 is 2.26. The molecule has 156 valence electrons. The van der Waals surface area contributed by atoms with Crippen LogP contribution >= 0.6 is 11.6 Å². The van der Waals surface area contributed by atoms with Gasteiger partial charge in [-0.25, -0.2) is 4.98 Å². The van der Waals surface area contributed by atoms with Crippen molar-refractivity contribution in [2.45, 2.75) is 32.2 Å². The molecule has 1 unspecified atom stereocenters. The molecule has 0 aliphatic carbocycles. The summed E-state index contributed by atoms with van der Waals surface area (Å²) in [7, 11) is 0. The lowest BCUT2D eigenvalue weighted by molar-refractivity contribution is -0.117. The molecule has 1 aliphatic rings. The Bertz CT molecular complexity index is 1250. The van der Waals surface area contributed by atoms with Gasteiger partial charge in [-0.15, -0.1) is 0 Å². The molecule has 1 saturated heterocycles. The standard InChI is InChI=1S/C26H24ClN3O/c1-2-19-7-3-5-9-23(19)29-17-20(15-25(29)31)26-28-22-8-4-6-10-24(22)30(26)16-18-11-13-21(27)14-12-18/h3-14,20H,2,15-17H2,1H3. The van der Waals surface area contributed by atoms with E-state index in [0.29, 0.717) is 19.5 Å². The Hall–Kier alpha value is -3.11. The average Bonchev–Trinajstić information content (AvgIpc) is 3.36. The van der Waals surface area contributed by atoms with Gasteiger partial charge >= 0.3 is 0 Å². The largest absolute Gasteiger partial charge is 0.323 e. The van der Waals surface area contributed by atoms with Crippen molar-refractivity contribution < 1.29 is 4.79 Å². The number of para-hydroxylation sites is 3. The molecule has 0 saturated carbocycles. The number of benzene rings is 3. The summed E-state index contributed by atoms with van der Waals surface area (Å²) in [6.07, 6.45) is 1.38. The van der Waals surface area contributed by atoms with Gasteiger partial charge in [0.15, 0.2) is 0 Å². The van der Waals surface area contributed by atoms with Crippen molar-refractivity contribution in [1.29, 1.82) is 0 Å². The molecule has 1 atom stereocenters. The number of hydrogen-bond donors (Lipinski definition) is 0. The fourth-order valence-corrected chi connectivity index (χ4v) is 4.66. The van der Waals surface area contributed by atoms with E-state index in [2.05, 4.69) is 29.7 Å². The van der Waals surface area contributed by atoms with Crippen molar-refractivity contribution >= 4 is 34.2 Å². The van der Waals surface area contributed by atoms with E-state index in [1.54, 1.807) is 0 Å². The van der Waals surface area contributed by atoms with E-state index < -0.39 is 0 Å². The summed E-state index contributed by atoms with van der Waals surface area (Å²) >= 11 is 6.08. The lowest BCUT2D eigenvalue weighted by Crippen LogP contribution is -2.25. The van der Waals surface area contributed by atoms with Crippen molar-refractivity contribution in [3.63, 3.8) is 0 Å². The summed E-state index contributed by atoms with van der Waals surface area (Å²) in [6.45, 7) is 3.48. The molecule has 1 aromatic heterocycles. The lowest BCUT2D eigenvalue weighted by Gasteiger charge is -2.20. The first-order chi connectivity index (χ1) is 15.1. The van der Waals surface area contributed by atoms with E-state index in [1.807, 2.05) is 59.5 Å². The van der Waals surface area contributed by atoms with Crippen LogP contribution in [0.15, 0.2) is 72.8 Å². The number of halogens is 1. The third kappa shape index (κ3) is 3.72. The molecule has 1 aliphatic heterocycles. The minimum atomic E-state index is 0.0529. The lowest BCUT2D eigenvalue weighted by atomic mass is 10.1. The Kier molecular flexibility index (Phi) is 5.24. The van der Waals surface area contributed by atoms with Crippen LogP contribution < -0.4 is 4.90 Å². The normalized spacial score (nSPS) is 16.4. The van der Waals surface area contributed by atoms with E-state index in [1.165, 1.54) is 5.56 Å². The summed E-state index contributed by atoms with van der Waals surface area (Å²) in [5, 5.41) is 0.728. The molecule has 0 N–H and O–H groups in total. The molecule has 3 aromatic carbocycles. The molecule has 0 spiro atoms. The molecule has 4 aromatic rings. The predicted octanol–water partition coefficient (Wildman–Crippen LogP) is 5.82. The first-order valence-corrected chi connectivity index (χ1v) is 11.1. The predicted molar refractivity (Wildman–Crippen MR) is 126 cm³/mol. The highest BCUT2D eigenvalue weighted by Crippen LogP contribution is 2.35. The van der Waals surface area contributed by atoms with Crippen LogP contribution in [0, 0.1) is 0 Å². The molecule has 2 heterocycles. The van der Waals surface area contributed by atoms with Gasteiger partial charge in [-0.2, -0.15) is 0 Å². The Morgan fingerprint density at radius 3 is 2.55 bits per heavy atom. The fraction of sp³-hybridized carbons (Fsp3) is 0.231. The number of nitrogens with zero attached hydrogens (tertiary/aromatic N) is 3. The van der Waals surface area contributed by atoms with E-state index in [9.17, 15) is 4.79 Å². The van der Waals surface area contributed by atoms with Gasteiger partial charge in [-0.05, 0) is 47.9 Å². The monoisotopic (exact) mass is 429 g/mol. The minimum absolute atomic E-state index is 0.0529. The van der Waals surface area contributed by atoms with Crippen LogP contribution in [0.25, 0.3) is 11.0 Å². The van der Waals surface area contributed by atoms with Crippen molar-refractivity contribution in [2.75, 3.05) is 11.4 Å². The molecule has 1 fully saturated rings. The molecule has 0 bridgehead atoms. The third-order valence-corrected chi connectivity index (χ3v) is 6.34. The van der Waals surface area contributed by atoms with Gasteiger partial charge in [0.1, 0.15) is 5.82 Å². The first kappa shape index (κ1) is 19.8. The summed E-state index contributed by atoms with van der Waals surface area (Å²) in [4.78, 5) is 19.9. The summed E-state index contributed by atoms with van der Waals surface area (Å²) in [5.74, 6) is 1.19. The van der Waals surface area contributed by atoms with Gasteiger partial charge in [-0.1, -0.05) is 61.0 Å². The van der Waals surface area contributed by atoms with Gasteiger partial charge in [0.2, 0.25) is 5.91 Å². The first-order valence-electron chi connectivity index (χ1n) is 10.7. The summed E-state index contributed by atoms with van der Waals surface area (Å²) in [6, 6.07) is 24.3. The second-order valence-corrected chi connectivity index (χ2v) is 8.50. The number of anilines is 1. The average molecular weight is 430 g/mol. The number of carbonyl (C=O) groups excluding carboxylic acids is 1. The number of aromatic nitrogens is 2. The van der Waals surface area contributed by atoms with Crippen LogP contribution in [0.4, 0.5) is 5.69 Å². The molecular formula is C26H24ClN3O. The zero-order valence-corrected chi connectivity index (χ0v) is 18.2. The highest BCUT2D eigenvalue weighted by Gasteiger charge is 2.35. The number of imidazole rings is 1. The maximum Gasteiger partial charge on any atom is 0.227 e. The molecule has 5 rings (SSSR count). The highest BCUT2D eigenvalue weighted by molar-refractivity contribution is 6.30. The van der Waals surface area contributed by atoms with Crippen LogP contribution in [0.3, 0.4) is 0 Å². The topological polar surface area (TPSA) is 38.1 Å². The van der Waals surface area contributed by atoms with E-state index in [4.69, 9.17) is 16.6 Å². The van der Waals surface area contributed by atoms with E-state index in [0.717, 1.165) is 39.6 Å². The van der Waals surface area contributed by atoms with Gasteiger partial charge in [0.05, 0.1) is 11.0 Å². The van der Waals surface area contributed by atoms with E-state index in [-0.39, 0.29) is 11.8 Å². The number of amides is 1. The smallest absolute Gasteiger partial charge is 0.227 e. The molecule has 1 amide bonds. The maximum atomic E-state index is 13.0. The highest BCUT2D eigenvalue weighted by atomic mass is 35.5.